The number of likely N-dealkylation sites (N-methyl/N-ethyl adjacent to an activating group) is 1. The fraction of sp³-hybridized carbons (Fsp3) is 0.222. The summed E-state index contributed by atoms with van der Waals surface area (Å²) in [6.45, 7) is 1.66. The van der Waals surface area contributed by atoms with Crippen molar-refractivity contribution in [2.24, 2.45) is 0 Å². The summed E-state index contributed by atoms with van der Waals surface area (Å²) in [7, 11) is 3.19. The summed E-state index contributed by atoms with van der Waals surface area (Å²) in [6.07, 6.45) is -0.0383. The van der Waals surface area contributed by atoms with Crippen LogP contribution in [-0.4, -0.2) is 32.5 Å². The third kappa shape index (κ3) is 3.94. The van der Waals surface area contributed by atoms with Gasteiger partial charge in [-0.2, -0.15) is 0 Å². The lowest BCUT2D eigenvalue weighted by molar-refractivity contribution is -0.124. The van der Waals surface area contributed by atoms with Gasteiger partial charge < -0.3 is 14.4 Å². The maximum absolute atomic E-state index is 12.6. The SMILES string of the molecule is COc1cc(Br)c(C=O)cc1O[C@@H](C)C(=O)N(C)c1ccccc1. The molecule has 0 saturated carbocycles. The molecule has 0 bridgehead atoms. The summed E-state index contributed by atoms with van der Waals surface area (Å²) in [6, 6.07) is 12.5. The van der Waals surface area contributed by atoms with E-state index in [4.69, 9.17) is 9.47 Å². The largest absolute Gasteiger partial charge is 0.493 e. The first kappa shape index (κ1) is 18.0. The maximum atomic E-state index is 12.6. The third-order valence-electron chi connectivity index (χ3n) is 3.54. The van der Waals surface area contributed by atoms with Gasteiger partial charge >= 0.3 is 0 Å². The van der Waals surface area contributed by atoms with Gasteiger partial charge in [0.2, 0.25) is 0 Å². The number of hydrogen-bond donors (Lipinski definition) is 0. The van der Waals surface area contributed by atoms with Gasteiger partial charge in [-0.15, -0.1) is 0 Å². The number of para-hydroxylation sites is 1. The Labute approximate surface area is 149 Å². The van der Waals surface area contributed by atoms with Crippen molar-refractivity contribution in [1.82, 2.24) is 0 Å². The van der Waals surface area contributed by atoms with E-state index in [1.54, 1.807) is 26.1 Å². The van der Waals surface area contributed by atoms with Crippen molar-refractivity contribution >= 4 is 33.8 Å². The second-order valence-electron chi connectivity index (χ2n) is 5.14. The van der Waals surface area contributed by atoms with Crippen molar-refractivity contribution in [3.63, 3.8) is 0 Å². The molecule has 126 valence electrons. The second kappa shape index (κ2) is 7.97. The summed E-state index contributed by atoms with van der Waals surface area (Å²) in [5.74, 6) is 0.568. The number of nitrogens with zero attached hydrogens (tertiary/aromatic N) is 1. The number of hydrogen-bond acceptors (Lipinski definition) is 4. The predicted octanol–water partition coefficient (Wildman–Crippen LogP) is 3.70. The molecule has 2 rings (SSSR count). The molecule has 2 aromatic carbocycles. The van der Waals surface area contributed by atoms with Crippen LogP contribution in [-0.2, 0) is 4.79 Å². The van der Waals surface area contributed by atoms with Crippen LogP contribution in [0.1, 0.15) is 17.3 Å². The number of anilines is 1. The normalized spacial score (nSPS) is 11.5. The first-order valence-corrected chi connectivity index (χ1v) is 8.09. The van der Waals surface area contributed by atoms with Crippen LogP contribution in [0, 0.1) is 0 Å². The number of aldehydes is 1. The molecular formula is C18H18BrNO4. The predicted molar refractivity (Wildman–Crippen MR) is 96.0 cm³/mol. The molecule has 6 heteroatoms. The number of carbonyl (C=O) groups excluding carboxylic acids is 2. The molecular weight excluding hydrogens is 374 g/mol. The maximum Gasteiger partial charge on any atom is 0.267 e. The van der Waals surface area contributed by atoms with Crippen LogP contribution in [0.2, 0.25) is 0 Å². The quantitative estimate of drug-likeness (QED) is 0.704. The van der Waals surface area contributed by atoms with Crippen LogP contribution < -0.4 is 14.4 Å². The molecule has 0 aromatic heterocycles. The minimum absolute atomic E-state index is 0.209. The number of ether oxygens (including phenoxy) is 2. The summed E-state index contributed by atoms with van der Waals surface area (Å²) >= 11 is 3.29. The van der Waals surface area contributed by atoms with E-state index >= 15 is 0 Å². The molecule has 5 nitrogen and oxygen atoms in total. The number of benzene rings is 2. The monoisotopic (exact) mass is 391 g/mol. The lowest BCUT2D eigenvalue weighted by Crippen LogP contribution is -2.38. The van der Waals surface area contributed by atoms with Gasteiger partial charge in [-0.3, -0.25) is 9.59 Å². The topological polar surface area (TPSA) is 55.8 Å². The molecule has 0 spiro atoms. The molecule has 1 atom stereocenters. The fourth-order valence-corrected chi connectivity index (χ4v) is 2.60. The van der Waals surface area contributed by atoms with Crippen LogP contribution in [0.25, 0.3) is 0 Å². The number of amides is 1. The van der Waals surface area contributed by atoms with Crippen LogP contribution in [0.4, 0.5) is 5.69 Å². The molecule has 1 amide bonds. The molecule has 24 heavy (non-hydrogen) atoms. The third-order valence-corrected chi connectivity index (χ3v) is 4.22. The Balaban J connectivity index is 2.21. The Kier molecular flexibility index (Phi) is 5.98. The number of carbonyl (C=O) groups is 2. The zero-order valence-corrected chi connectivity index (χ0v) is 15.2. The van der Waals surface area contributed by atoms with E-state index in [9.17, 15) is 9.59 Å². The van der Waals surface area contributed by atoms with Crippen LogP contribution in [0.15, 0.2) is 46.9 Å². The van der Waals surface area contributed by atoms with Gasteiger partial charge in [-0.1, -0.05) is 18.2 Å². The van der Waals surface area contributed by atoms with Gasteiger partial charge in [0.05, 0.1) is 7.11 Å². The Bertz CT molecular complexity index is 733. The van der Waals surface area contributed by atoms with E-state index in [1.165, 1.54) is 12.0 Å². The number of halogens is 1. The highest BCUT2D eigenvalue weighted by Crippen LogP contribution is 2.33. The summed E-state index contributed by atoms with van der Waals surface area (Å²) in [4.78, 5) is 25.2. The van der Waals surface area contributed by atoms with Crippen LogP contribution >= 0.6 is 15.9 Å². The molecule has 0 unspecified atom stereocenters. The molecule has 0 aliphatic carbocycles. The summed E-state index contributed by atoms with van der Waals surface area (Å²) < 4.78 is 11.6. The Morgan fingerprint density at radius 2 is 1.88 bits per heavy atom. The first-order valence-electron chi connectivity index (χ1n) is 7.30. The van der Waals surface area contributed by atoms with Crippen LogP contribution in [0.5, 0.6) is 11.5 Å². The van der Waals surface area contributed by atoms with Crippen LogP contribution in [0.3, 0.4) is 0 Å². The highest BCUT2D eigenvalue weighted by Gasteiger charge is 2.22. The van der Waals surface area contributed by atoms with Gasteiger partial charge in [-0.05, 0) is 47.1 Å². The highest BCUT2D eigenvalue weighted by molar-refractivity contribution is 9.10. The summed E-state index contributed by atoms with van der Waals surface area (Å²) in [5.41, 5.74) is 1.19. The van der Waals surface area contributed by atoms with Crippen molar-refractivity contribution in [3.05, 3.63) is 52.5 Å². The van der Waals surface area contributed by atoms with Gasteiger partial charge in [0.25, 0.3) is 5.91 Å². The van der Waals surface area contributed by atoms with Crippen molar-refractivity contribution in [2.75, 3.05) is 19.1 Å². The summed E-state index contributed by atoms with van der Waals surface area (Å²) in [5, 5.41) is 0. The van der Waals surface area contributed by atoms with E-state index in [-0.39, 0.29) is 5.91 Å². The second-order valence-corrected chi connectivity index (χ2v) is 5.99. The van der Waals surface area contributed by atoms with E-state index in [2.05, 4.69) is 15.9 Å². The van der Waals surface area contributed by atoms with E-state index in [0.29, 0.717) is 27.8 Å². The van der Waals surface area contributed by atoms with Gasteiger partial charge in [0.15, 0.2) is 23.9 Å². The zero-order chi connectivity index (χ0) is 17.7. The number of rotatable bonds is 6. The molecule has 0 aliphatic rings. The highest BCUT2D eigenvalue weighted by atomic mass is 79.9. The van der Waals surface area contributed by atoms with E-state index < -0.39 is 6.10 Å². The molecule has 0 radical (unpaired) electrons. The molecule has 0 saturated heterocycles. The standard InChI is InChI=1S/C18H18BrNO4/c1-12(18(22)20(2)14-7-5-4-6-8-14)24-17-9-13(11-21)15(19)10-16(17)23-3/h4-12H,1-3H3/t12-/m0/s1. The van der Waals surface area contributed by atoms with E-state index in [1.807, 2.05) is 30.3 Å². The van der Waals surface area contributed by atoms with E-state index in [0.717, 1.165) is 5.69 Å². The zero-order valence-electron chi connectivity index (χ0n) is 13.7. The van der Waals surface area contributed by atoms with Gasteiger partial charge in [0.1, 0.15) is 0 Å². The molecule has 0 N–H and O–H groups in total. The Morgan fingerprint density at radius 3 is 2.46 bits per heavy atom. The van der Waals surface area contributed by atoms with Crippen molar-refractivity contribution in [3.8, 4) is 11.5 Å². The molecule has 0 fully saturated rings. The Morgan fingerprint density at radius 1 is 1.21 bits per heavy atom. The van der Waals surface area contributed by atoms with Gasteiger partial charge in [-0.25, -0.2) is 0 Å². The Hall–Kier alpha value is -2.34. The first-order chi connectivity index (χ1) is 11.5. The average Bonchev–Trinajstić information content (AvgIpc) is 2.62. The molecule has 0 heterocycles. The lowest BCUT2D eigenvalue weighted by Gasteiger charge is -2.23. The smallest absolute Gasteiger partial charge is 0.267 e. The van der Waals surface area contributed by atoms with Crippen molar-refractivity contribution in [1.29, 1.82) is 0 Å². The lowest BCUT2D eigenvalue weighted by atomic mass is 10.2. The van der Waals surface area contributed by atoms with Crippen molar-refractivity contribution in [2.45, 2.75) is 13.0 Å². The average molecular weight is 392 g/mol. The minimum atomic E-state index is -0.746. The molecule has 2 aromatic rings. The fourth-order valence-electron chi connectivity index (χ4n) is 2.19. The molecule has 0 aliphatic heterocycles. The number of methoxy groups -OCH3 is 1. The van der Waals surface area contributed by atoms with Crippen molar-refractivity contribution < 1.29 is 19.1 Å². The van der Waals surface area contributed by atoms with Gasteiger partial charge in [0, 0.05) is 22.8 Å². The minimum Gasteiger partial charge on any atom is -0.493 e.